The maximum absolute atomic E-state index is 12.1. The number of carbonyl (C=O) groups is 3. The fourth-order valence-corrected chi connectivity index (χ4v) is 2.42. The van der Waals surface area contributed by atoms with Crippen LogP contribution in [0.5, 0.6) is 0 Å². The quantitative estimate of drug-likeness (QED) is 0.741. The van der Waals surface area contributed by atoms with Gasteiger partial charge in [-0.2, -0.15) is 0 Å². The minimum Gasteiger partial charge on any atom is -0.466 e. The number of piperidine rings is 1. The molecular weight excluding hydrogens is 272 g/mol. The fraction of sp³-hybridized carbons (Fsp3) is 0.800. The molecule has 0 bridgehead atoms. The van der Waals surface area contributed by atoms with Gasteiger partial charge in [0.05, 0.1) is 18.9 Å². The molecule has 0 aliphatic carbocycles. The van der Waals surface area contributed by atoms with Crippen molar-refractivity contribution in [3.63, 3.8) is 0 Å². The first-order valence-electron chi connectivity index (χ1n) is 7.67. The highest BCUT2D eigenvalue weighted by atomic mass is 16.5. The van der Waals surface area contributed by atoms with Gasteiger partial charge in [0.15, 0.2) is 0 Å². The molecule has 120 valence electrons. The van der Waals surface area contributed by atoms with Crippen molar-refractivity contribution in [2.45, 2.75) is 40.0 Å². The summed E-state index contributed by atoms with van der Waals surface area (Å²) in [7, 11) is 0. The number of hydrogen-bond acceptors (Lipinski definition) is 4. The molecule has 6 nitrogen and oxygen atoms in total. The molecule has 0 aromatic heterocycles. The van der Waals surface area contributed by atoms with Crippen LogP contribution in [0.2, 0.25) is 0 Å². The van der Waals surface area contributed by atoms with Gasteiger partial charge in [0.2, 0.25) is 11.8 Å². The van der Waals surface area contributed by atoms with Crippen LogP contribution in [-0.4, -0.2) is 48.9 Å². The molecule has 0 saturated carbocycles. The molecule has 1 saturated heterocycles. The van der Waals surface area contributed by atoms with Gasteiger partial charge in [-0.1, -0.05) is 13.8 Å². The van der Waals surface area contributed by atoms with Crippen LogP contribution in [0.1, 0.15) is 40.0 Å². The van der Waals surface area contributed by atoms with Gasteiger partial charge in [-0.25, -0.2) is 0 Å². The molecule has 1 atom stereocenters. The minimum atomic E-state index is -0.307. The van der Waals surface area contributed by atoms with E-state index in [0.717, 1.165) is 19.4 Å². The normalized spacial score (nSPS) is 18.5. The molecule has 1 aliphatic rings. The van der Waals surface area contributed by atoms with Gasteiger partial charge in [0.25, 0.3) is 0 Å². The van der Waals surface area contributed by atoms with E-state index < -0.39 is 0 Å². The number of likely N-dealkylation sites (tertiary alicyclic amines) is 1. The Morgan fingerprint density at radius 1 is 1.33 bits per heavy atom. The van der Waals surface area contributed by atoms with Crippen molar-refractivity contribution < 1.29 is 19.1 Å². The number of rotatable bonds is 6. The molecule has 21 heavy (non-hydrogen) atoms. The first-order chi connectivity index (χ1) is 9.95. The SMILES string of the molecule is CCOC(=O)CCNC(=O)C1CCCN(C(=O)C(C)C)C1. The van der Waals surface area contributed by atoms with E-state index in [1.165, 1.54) is 0 Å². The molecule has 0 aromatic rings. The van der Waals surface area contributed by atoms with Crippen molar-refractivity contribution in [2.75, 3.05) is 26.2 Å². The van der Waals surface area contributed by atoms with Gasteiger partial charge >= 0.3 is 5.97 Å². The Hall–Kier alpha value is -1.59. The number of esters is 1. The maximum Gasteiger partial charge on any atom is 0.307 e. The van der Waals surface area contributed by atoms with Crippen molar-refractivity contribution in [1.82, 2.24) is 10.2 Å². The summed E-state index contributed by atoms with van der Waals surface area (Å²) in [4.78, 5) is 37.0. The van der Waals surface area contributed by atoms with Gasteiger partial charge in [-0.3, -0.25) is 14.4 Å². The number of amides is 2. The molecule has 2 amide bonds. The van der Waals surface area contributed by atoms with Crippen molar-refractivity contribution in [2.24, 2.45) is 11.8 Å². The molecule has 0 radical (unpaired) electrons. The molecular formula is C15H26N2O4. The van der Waals surface area contributed by atoms with Crippen LogP contribution in [0.15, 0.2) is 0 Å². The zero-order valence-electron chi connectivity index (χ0n) is 13.2. The van der Waals surface area contributed by atoms with Gasteiger partial charge < -0.3 is 15.0 Å². The van der Waals surface area contributed by atoms with Crippen LogP contribution >= 0.6 is 0 Å². The average molecular weight is 298 g/mol. The maximum atomic E-state index is 12.1. The summed E-state index contributed by atoms with van der Waals surface area (Å²) in [5.41, 5.74) is 0. The number of nitrogens with one attached hydrogen (secondary N) is 1. The molecule has 0 aromatic carbocycles. The first kappa shape index (κ1) is 17.5. The Bertz CT molecular complexity index is 382. The summed E-state index contributed by atoms with van der Waals surface area (Å²) in [5.74, 6) is -0.517. The molecule has 6 heteroatoms. The molecule has 0 spiro atoms. The summed E-state index contributed by atoms with van der Waals surface area (Å²) in [6.07, 6.45) is 1.81. The Morgan fingerprint density at radius 3 is 2.67 bits per heavy atom. The van der Waals surface area contributed by atoms with E-state index in [4.69, 9.17) is 4.74 Å². The lowest BCUT2D eigenvalue weighted by atomic mass is 9.96. The van der Waals surface area contributed by atoms with Crippen LogP contribution < -0.4 is 5.32 Å². The van der Waals surface area contributed by atoms with E-state index in [1.54, 1.807) is 11.8 Å². The van der Waals surface area contributed by atoms with Gasteiger partial charge in [0, 0.05) is 25.6 Å². The Morgan fingerprint density at radius 2 is 2.05 bits per heavy atom. The highest BCUT2D eigenvalue weighted by molar-refractivity contribution is 5.82. The number of carbonyl (C=O) groups excluding carboxylic acids is 3. The van der Waals surface area contributed by atoms with E-state index in [9.17, 15) is 14.4 Å². The van der Waals surface area contributed by atoms with Crippen LogP contribution in [-0.2, 0) is 19.1 Å². The molecule has 1 N–H and O–H groups in total. The molecule has 1 fully saturated rings. The van der Waals surface area contributed by atoms with Gasteiger partial charge in [-0.05, 0) is 19.8 Å². The second kappa shape index (κ2) is 8.64. The number of hydrogen-bond donors (Lipinski definition) is 1. The van der Waals surface area contributed by atoms with Crippen molar-refractivity contribution in [3.8, 4) is 0 Å². The topological polar surface area (TPSA) is 75.7 Å². The summed E-state index contributed by atoms with van der Waals surface area (Å²) >= 11 is 0. The Kier molecular flexibility index (Phi) is 7.19. The van der Waals surface area contributed by atoms with Crippen LogP contribution in [0, 0.1) is 11.8 Å². The molecule has 1 aliphatic heterocycles. The average Bonchev–Trinajstić information content (AvgIpc) is 2.46. The smallest absolute Gasteiger partial charge is 0.307 e. The molecule has 1 rings (SSSR count). The molecule has 1 heterocycles. The van der Waals surface area contributed by atoms with E-state index in [2.05, 4.69) is 5.32 Å². The summed E-state index contributed by atoms with van der Waals surface area (Å²) < 4.78 is 4.80. The van der Waals surface area contributed by atoms with Crippen LogP contribution in [0.25, 0.3) is 0 Å². The third kappa shape index (κ3) is 5.73. The van der Waals surface area contributed by atoms with Crippen LogP contribution in [0.3, 0.4) is 0 Å². The van der Waals surface area contributed by atoms with E-state index in [1.807, 2.05) is 13.8 Å². The summed E-state index contributed by atoms with van der Waals surface area (Å²) in [5, 5.41) is 2.75. The first-order valence-corrected chi connectivity index (χ1v) is 7.67. The standard InChI is InChI=1S/C15H26N2O4/c1-4-21-13(18)7-8-16-14(19)12-6-5-9-17(10-12)15(20)11(2)3/h11-12H,4-10H2,1-3H3,(H,16,19). The largest absolute Gasteiger partial charge is 0.466 e. The minimum absolute atomic E-state index is 0.0457. The van der Waals surface area contributed by atoms with E-state index in [0.29, 0.717) is 13.2 Å². The van der Waals surface area contributed by atoms with E-state index in [-0.39, 0.29) is 42.6 Å². The van der Waals surface area contributed by atoms with Gasteiger partial charge in [0.1, 0.15) is 0 Å². The third-order valence-corrected chi connectivity index (χ3v) is 3.53. The zero-order valence-corrected chi connectivity index (χ0v) is 13.2. The zero-order chi connectivity index (χ0) is 15.8. The van der Waals surface area contributed by atoms with Gasteiger partial charge in [-0.15, -0.1) is 0 Å². The summed E-state index contributed by atoms with van der Waals surface area (Å²) in [6, 6.07) is 0. The predicted octanol–water partition coefficient (Wildman–Crippen LogP) is 0.950. The highest BCUT2D eigenvalue weighted by Crippen LogP contribution is 2.18. The summed E-state index contributed by atoms with van der Waals surface area (Å²) in [6.45, 7) is 7.31. The Labute approximate surface area is 126 Å². The Balaban J connectivity index is 2.37. The second-order valence-corrected chi connectivity index (χ2v) is 5.62. The highest BCUT2D eigenvalue weighted by Gasteiger charge is 2.29. The number of ether oxygens (including phenoxy) is 1. The van der Waals surface area contributed by atoms with E-state index >= 15 is 0 Å². The van der Waals surface area contributed by atoms with Crippen molar-refractivity contribution in [3.05, 3.63) is 0 Å². The molecule has 1 unspecified atom stereocenters. The number of nitrogens with zero attached hydrogens (tertiary/aromatic N) is 1. The fourth-order valence-electron chi connectivity index (χ4n) is 2.42. The van der Waals surface area contributed by atoms with Crippen LogP contribution in [0.4, 0.5) is 0 Å². The lowest BCUT2D eigenvalue weighted by Crippen LogP contribution is -2.46. The second-order valence-electron chi connectivity index (χ2n) is 5.62. The lowest BCUT2D eigenvalue weighted by molar-refractivity contribution is -0.143. The van der Waals surface area contributed by atoms with Crippen molar-refractivity contribution in [1.29, 1.82) is 0 Å². The van der Waals surface area contributed by atoms with Crippen molar-refractivity contribution >= 4 is 17.8 Å². The lowest BCUT2D eigenvalue weighted by Gasteiger charge is -2.33. The third-order valence-electron chi connectivity index (χ3n) is 3.53. The predicted molar refractivity (Wildman–Crippen MR) is 78.4 cm³/mol. The monoisotopic (exact) mass is 298 g/mol.